The van der Waals surface area contributed by atoms with Crippen LogP contribution in [0.3, 0.4) is 0 Å². The topological polar surface area (TPSA) is 71.8 Å². The number of nitrogens with zero attached hydrogens (tertiary/aromatic N) is 4. The van der Waals surface area contributed by atoms with Crippen molar-refractivity contribution in [1.29, 1.82) is 0 Å². The Morgan fingerprint density at radius 2 is 1.33 bits per heavy atom. The van der Waals surface area contributed by atoms with Gasteiger partial charge >= 0.3 is 0 Å². The first kappa shape index (κ1) is 13.3. The molecule has 21 heavy (non-hydrogen) atoms. The zero-order valence-corrected chi connectivity index (χ0v) is 11.2. The molecule has 0 aromatic carbocycles. The van der Waals surface area contributed by atoms with Crippen LogP contribution >= 0.6 is 0 Å². The Labute approximate surface area is 122 Å². The third kappa shape index (κ3) is 2.93. The van der Waals surface area contributed by atoms with E-state index in [4.69, 9.17) is 0 Å². The maximum absolute atomic E-state index is 10.7. The Balaban J connectivity index is 2.05. The van der Waals surface area contributed by atoms with Gasteiger partial charge in [0.15, 0.2) is 5.82 Å². The number of rotatable bonds is 4. The van der Waals surface area contributed by atoms with Crippen LogP contribution in [0.25, 0.3) is 0 Å². The number of aliphatic hydroxyl groups is 1. The van der Waals surface area contributed by atoms with Crippen LogP contribution in [0, 0.1) is 0 Å². The number of hydrogen-bond acceptors (Lipinski definition) is 5. The lowest BCUT2D eigenvalue weighted by Crippen LogP contribution is -2.15. The lowest BCUT2D eigenvalue weighted by Gasteiger charge is -2.22. The summed E-state index contributed by atoms with van der Waals surface area (Å²) in [5, 5.41) is 10.7. The number of aromatic nitrogens is 4. The minimum absolute atomic E-state index is 0.310. The van der Waals surface area contributed by atoms with Gasteiger partial charge in [0.1, 0.15) is 6.10 Å². The lowest BCUT2D eigenvalue weighted by molar-refractivity contribution is 0.149. The molecule has 3 heterocycles. The van der Waals surface area contributed by atoms with Gasteiger partial charge in [0.05, 0.1) is 0 Å². The zero-order valence-electron chi connectivity index (χ0n) is 11.2. The molecule has 3 rings (SSSR count). The molecule has 0 aliphatic rings. The molecule has 1 atom stereocenters. The van der Waals surface area contributed by atoms with Crippen LogP contribution in [-0.2, 0) is 0 Å². The molecule has 3 aromatic heterocycles. The highest BCUT2D eigenvalue weighted by Crippen LogP contribution is 2.34. The first-order valence-electron chi connectivity index (χ1n) is 6.61. The van der Waals surface area contributed by atoms with Gasteiger partial charge in [-0.05, 0) is 29.3 Å². The molecule has 0 saturated heterocycles. The molecular weight excluding hydrogens is 264 g/mol. The lowest BCUT2D eigenvalue weighted by atomic mass is 9.88. The highest BCUT2D eigenvalue weighted by molar-refractivity contribution is 5.31. The van der Waals surface area contributed by atoms with Crippen molar-refractivity contribution in [1.82, 2.24) is 19.9 Å². The van der Waals surface area contributed by atoms with E-state index in [1.54, 1.807) is 43.2 Å². The summed E-state index contributed by atoms with van der Waals surface area (Å²) < 4.78 is 0. The van der Waals surface area contributed by atoms with E-state index in [9.17, 15) is 5.11 Å². The second-order valence-electron chi connectivity index (χ2n) is 4.60. The Morgan fingerprint density at radius 3 is 1.81 bits per heavy atom. The molecule has 0 aliphatic heterocycles. The van der Waals surface area contributed by atoms with Crippen LogP contribution in [0.2, 0.25) is 0 Å². The maximum atomic E-state index is 10.7. The highest BCUT2D eigenvalue weighted by Gasteiger charge is 2.26. The monoisotopic (exact) mass is 278 g/mol. The van der Waals surface area contributed by atoms with E-state index in [0.29, 0.717) is 5.82 Å². The minimum atomic E-state index is -0.861. The SMILES string of the molecule is OC(c1ncccn1)C(c1cccnc1)c1cccnc1. The summed E-state index contributed by atoms with van der Waals surface area (Å²) in [6.45, 7) is 0. The van der Waals surface area contributed by atoms with Crippen molar-refractivity contribution in [2.75, 3.05) is 0 Å². The van der Waals surface area contributed by atoms with Gasteiger partial charge in [0.25, 0.3) is 0 Å². The fourth-order valence-electron chi connectivity index (χ4n) is 2.29. The molecule has 5 nitrogen and oxygen atoms in total. The van der Waals surface area contributed by atoms with E-state index < -0.39 is 6.10 Å². The Bertz CT molecular complexity index is 637. The number of pyridine rings is 2. The molecule has 0 bridgehead atoms. The highest BCUT2D eigenvalue weighted by atomic mass is 16.3. The second-order valence-corrected chi connectivity index (χ2v) is 4.60. The predicted molar refractivity (Wildman–Crippen MR) is 77.3 cm³/mol. The van der Waals surface area contributed by atoms with E-state index in [-0.39, 0.29) is 5.92 Å². The van der Waals surface area contributed by atoms with Crippen molar-refractivity contribution in [3.63, 3.8) is 0 Å². The molecule has 3 aromatic rings. The summed E-state index contributed by atoms with van der Waals surface area (Å²) in [4.78, 5) is 16.6. The largest absolute Gasteiger partial charge is 0.384 e. The fourth-order valence-corrected chi connectivity index (χ4v) is 2.29. The third-order valence-corrected chi connectivity index (χ3v) is 3.25. The van der Waals surface area contributed by atoms with Gasteiger partial charge in [-0.2, -0.15) is 0 Å². The summed E-state index contributed by atoms with van der Waals surface area (Å²) in [5.41, 5.74) is 1.79. The van der Waals surface area contributed by atoms with E-state index in [2.05, 4.69) is 19.9 Å². The van der Waals surface area contributed by atoms with Crippen LogP contribution in [0.15, 0.2) is 67.5 Å². The summed E-state index contributed by atoms with van der Waals surface area (Å²) in [6, 6.07) is 9.27. The molecule has 0 spiro atoms. The van der Waals surface area contributed by atoms with Crippen molar-refractivity contribution in [2.24, 2.45) is 0 Å². The van der Waals surface area contributed by atoms with E-state index >= 15 is 0 Å². The van der Waals surface area contributed by atoms with Crippen molar-refractivity contribution in [3.8, 4) is 0 Å². The van der Waals surface area contributed by atoms with E-state index in [1.165, 1.54) is 0 Å². The van der Waals surface area contributed by atoms with Crippen molar-refractivity contribution >= 4 is 0 Å². The van der Waals surface area contributed by atoms with Crippen LogP contribution in [0.4, 0.5) is 0 Å². The quantitative estimate of drug-likeness (QED) is 0.791. The molecule has 0 radical (unpaired) electrons. The van der Waals surface area contributed by atoms with Crippen LogP contribution in [-0.4, -0.2) is 25.0 Å². The van der Waals surface area contributed by atoms with E-state index in [0.717, 1.165) is 11.1 Å². The third-order valence-electron chi connectivity index (χ3n) is 3.25. The van der Waals surface area contributed by atoms with Gasteiger partial charge in [-0.15, -0.1) is 0 Å². The van der Waals surface area contributed by atoms with Gasteiger partial charge in [0, 0.05) is 43.1 Å². The zero-order chi connectivity index (χ0) is 14.5. The van der Waals surface area contributed by atoms with Crippen LogP contribution in [0.1, 0.15) is 29.0 Å². The Kier molecular flexibility index (Phi) is 3.93. The first-order valence-corrected chi connectivity index (χ1v) is 6.61. The van der Waals surface area contributed by atoms with Crippen LogP contribution in [0.5, 0.6) is 0 Å². The summed E-state index contributed by atoms with van der Waals surface area (Å²) in [6.07, 6.45) is 9.27. The normalized spacial score (nSPS) is 12.3. The van der Waals surface area contributed by atoms with Gasteiger partial charge in [-0.25, -0.2) is 9.97 Å². The smallest absolute Gasteiger partial charge is 0.157 e. The molecule has 0 amide bonds. The fraction of sp³-hybridized carbons (Fsp3) is 0.125. The average Bonchev–Trinajstić information content (AvgIpc) is 2.58. The molecule has 104 valence electrons. The molecule has 5 heteroatoms. The molecule has 0 saturated carbocycles. The molecule has 1 N–H and O–H groups in total. The summed E-state index contributed by atoms with van der Waals surface area (Å²) in [5.74, 6) is 0.0741. The van der Waals surface area contributed by atoms with Crippen molar-refractivity contribution in [3.05, 3.63) is 84.5 Å². The van der Waals surface area contributed by atoms with Gasteiger partial charge < -0.3 is 5.11 Å². The number of aliphatic hydroxyl groups excluding tert-OH is 1. The second kappa shape index (κ2) is 6.19. The standard InChI is InChI=1S/C16H14N4O/c21-15(16-19-8-3-9-20-16)14(12-4-1-6-17-10-12)13-5-2-7-18-11-13/h1-11,14-15,21H. The van der Waals surface area contributed by atoms with Gasteiger partial charge in [-0.3, -0.25) is 9.97 Å². The van der Waals surface area contributed by atoms with Gasteiger partial charge in [-0.1, -0.05) is 12.1 Å². The van der Waals surface area contributed by atoms with Gasteiger partial charge in [0.2, 0.25) is 0 Å². The maximum Gasteiger partial charge on any atom is 0.157 e. The van der Waals surface area contributed by atoms with E-state index in [1.807, 2.05) is 24.3 Å². The molecule has 0 fully saturated rings. The summed E-state index contributed by atoms with van der Waals surface area (Å²) >= 11 is 0. The molecule has 1 unspecified atom stereocenters. The number of hydrogen-bond donors (Lipinski definition) is 1. The van der Waals surface area contributed by atoms with Crippen molar-refractivity contribution in [2.45, 2.75) is 12.0 Å². The van der Waals surface area contributed by atoms with Crippen molar-refractivity contribution < 1.29 is 5.11 Å². The Hall–Kier alpha value is -2.66. The minimum Gasteiger partial charge on any atom is -0.384 e. The average molecular weight is 278 g/mol. The first-order chi connectivity index (χ1) is 10.4. The Morgan fingerprint density at radius 1 is 0.762 bits per heavy atom. The predicted octanol–water partition coefficient (Wildman–Crippen LogP) is 2.13. The summed E-state index contributed by atoms with van der Waals surface area (Å²) in [7, 11) is 0. The molecular formula is C16H14N4O. The van der Waals surface area contributed by atoms with Crippen LogP contribution < -0.4 is 0 Å². The molecule has 0 aliphatic carbocycles.